The van der Waals surface area contributed by atoms with E-state index in [1.54, 1.807) is 0 Å². The van der Waals surface area contributed by atoms with E-state index in [9.17, 15) is 14.3 Å². The highest BCUT2D eigenvalue weighted by atomic mass is 35.5. The lowest BCUT2D eigenvalue weighted by Crippen LogP contribution is -2.42. The Morgan fingerprint density at radius 3 is 2.33 bits per heavy atom. The first-order valence-corrected chi connectivity index (χ1v) is 5.48. The van der Waals surface area contributed by atoms with Gasteiger partial charge in [-0.25, -0.2) is 4.39 Å². The summed E-state index contributed by atoms with van der Waals surface area (Å²) in [5, 5.41) is 9.27. The van der Waals surface area contributed by atoms with Gasteiger partial charge in [0.2, 0.25) is 0 Å². The molecule has 0 bridgehead atoms. The predicted molar refractivity (Wildman–Crippen MR) is 66.4 cm³/mol. The van der Waals surface area contributed by atoms with E-state index in [0.29, 0.717) is 31.9 Å². The molecule has 0 saturated carbocycles. The first kappa shape index (κ1) is 14.9. The molecule has 1 fully saturated rings. The number of ether oxygens (including phenoxy) is 1. The van der Waals surface area contributed by atoms with Gasteiger partial charge < -0.3 is 9.84 Å². The van der Waals surface area contributed by atoms with Crippen LogP contribution >= 0.6 is 12.4 Å². The molecule has 6 heteroatoms. The zero-order valence-corrected chi connectivity index (χ0v) is 10.5. The molecule has 0 spiro atoms. The van der Waals surface area contributed by atoms with Gasteiger partial charge in [-0.05, 0) is 17.7 Å². The number of nitrogens with zero attached hydrogens (tertiary/aromatic N) is 1. The molecule has 1 saturated heterocycles. The summed E-state index contributed by atoms with van der Waals surface area (Å²) in [6.45, 7) is 2.22. The van der Waals surface area contributed by atoms with Gasteiger partial charge in [0.1, 0.15) is 11.9 Å². The molecule has 4 nitrogen and oxygen atoms in total. The Labute approximate surface area is 111 Å². The number of carboxylic acid groups (broad SMARTS) is 1. The van der Waals surface area contributed by atoms with Crippen molar-refractivity contribution in [2.24, 2.45) is 0 Å². The van der Waals surface area contributed by atoms with Crippen LogP contribution in [0.15, 0.2) is 24.3 Å². The smallest absolute Gasteiger partial charge is 0.325 e. The Hall–Kier alpha value is -1.17. The van der Waals surface area contributed by atoms with Crippen LogP contribution in [0.3, 0.4) is 0 Å². The van der Waals surface area contributed by atoms with Crippen LogP contribution in [-0.4, -0.2) is 42.3 Å². The Balaban J connectivity index is 0.00000162. The van der Waals surface area contributed by atoms with Crippen molar-refractivity contribution in [3.8, 4) is 0 Å². The van der Waals surface area contributed by atoms with Crippen molar-refractivity contribution in [3.63, 3.8) is 0 Å². The van der Waals surface area contributed by atoms with Crippen LogP contribution in [0.5, 0.6) is 0 Å². The number of carboxylic acids is 1. The largest absolute Gasteiger partial charge is 0.480 e. The summed E-state index contributed by atoms with van der Waals surface area (Å²) >= 11 is 0. The SMILES string of the molecule is Cl.O=C(O)C(c1ccc(F)cc1)N1CCOCC1. The van der Waals surface area contributed by atoms with Crippen molar-refractivity contribution in [2.75, 3.05) is 26.3 Å². The molecule has 1 atom stereocenters. The molecule has 1 aliphatic rings. The third-order valence-electron chi connectivity index (χ3n) is 2.83. The minimum atomic E-state index is -0.918. The second-order valence-electron chi connectivity index (χ2n) is 3.94. The van der Waals surface area contributed by atoms with Gasteiger partial charge in [0.25, 0.3) is 0 Å². The summed E-state index contributed by atoms with van der Waals surface area (Å²) in [5.74, 6) is -1.28. The fourth-order valence-electron chi connectivity index (χ4n) is 1.99. The lowest BCUT2D eigenvalue weighted by Gasteiger charge is -2.32. The summed E-state index contributed by atoms with van der Waals surface area (Å²) < 4.78 is 18.0. The summed E-state index contributed by atoms with van der Waals surface area (Å²) in [6.07, 6.45) is 0. The molecule has 0 aromatic heterocycles. The van der Waals surface area contributed by atoms with E-state index in [1.807, 2.05) is 4.90 Å². The molecule has 100 valence electrons. The van der Waals surface area contributed by atoms with E-state index in [2.05, 4.69) is 0 Å². The fourth-order valence-corrected chi connectivity index (χ4v) is 1.99. The van der Waals surface area contributed by atoms with Crippen LogP contribution in [0.4, 0.5) is 4.39 Å². The molecular formula is C12H15ClFNO3. The number of benzene rings is 1. The Morgan fingerprint density at radius 1 is 1.28 bits per heavy atom. The van der Waals surface area contributed by atoms with Gasteiger partial charge in [-0.1, -0.05) is 12.1 Å². The summed E-state index contributed by atoms with van der Waals surface area (Å²) in [7, 11) is 0. The van der Waals surface area contributed by atoms with Gasteiger partial charge in [0.05, 0.1) is 13.2 Å². The van der Waals surface area contributed by atoms with Gasteiger partial charge in [-0.15, -0.1) is 12.4 Å². The molecule has 18 heavy (non-hydrogen) atoms. The van der Waals surface area contributed by atoms with E-state index in [1.165, 1.54) is 24.3 Å². The first-order valence-electron chi connectivity index (χ1n) is 5.48. The number of carbonyl (C=O) groups is 1. The average Bonchev–Trinajstić information content (AvgIpc) is 2.33. The Morgan fingerprint density at radius 2 is 1.83 bits per heavy atom. The van der Waals surface area contributed by atoms with Crippen molar-refractivity contribution < 1.29 is 19.0 Å². The zero-order valence-electron chi connectivity index (χ0n) is 9.71. The Bertz CT molecular complexity index is 393. The monoisotopic (exact) mass is 275 g/mol. The summed E-state index contributed by atoms with van der Waals surface area (Å²) in [4.78, 5) is 13.1. The van der Waals surface area contributed by atoms with Crippen LogP contribution in [0, 0.1) is 5.82 Å². The van der Waals surface area contributed by atoms with Gasteiger partial charge >= 0.3 is 5.97 Å². The number of halogens is 2. The molecule has 1 aromatic carbocycles. The van der Waals surface area contributed by atoms with Gasteiger partial charge in [0.15, 0.2) is 0 Å². The van der Waals surface area contributed by atoms with E-state index >= 15 is 0 Å². The number of hydrogen-bond acceptors (Lipinski definition) is 3. The third kappa shape index (κ3) is 3.41. The van der Waals surface area contributed by atoms with Gasteiger partial charge in [0, 0.05) is 13.1 Å². The second-order valence-corrected chi connectivity index (χ2v) is 3.94. The molecular weight excluding hydrogens is 261 g/mol. The molecule has 0 radical (unpaired) electrons. The van der Waals surface area contributed by atoms with E-state index in [-0.39, 0.29) is 18.2 Å². The molecule has 1 heterocycles. The van der Waals surface area contributed by atoms with Crippen molar-refractivity contribution in [3.05, 3.63) is 35.6 Å². The van der Waals surface area contributed by atoms with Crippen LogP contribution < -0.4 is 0 Å². The number of morpholine rings is 1. The maximum atomic E-state index is 12.8. The molecule has 0 amide bonds. The number of rotatable bonds is 3. The van der Waals surface area contributed by atoms with E-state index in [0.717, 1.165) is 0 Å². The lowest BCUT2D eigenvalue weighted by atomic mass is 10.0. The fraction of sp³-hybridized carbons (Fsp3) is 0.417. The maximum Gasteiger partial charge on any atom is 0.325 e. The molecule has 0 aliphatic carbocycles. The maximum absolute atomic E-state index is 12.8. The zero-order chi connectivity index (χ0) is 12.3. The summed E-state index contributed by atoms with van der Waals surface area (Å²) in [6, 6.07) is 4.88. The standard InChI is InChI=1S/C12H14FNO3.ClH/c13-10-3-1-9(2-4-10)11(12(15)16)14-5-7-17-8-6-14;/h1-4,11H,5-8H2,(H,15,16);1H. The minimum absolute atomic E-state index is 0. The topological polar surface area (TPSA) is 49.8 Å². The quantitative estimate of drug-likeness (QED) is 0.912. The first-order chi connectivity index (χ1) is 8.18. The predicted octanol–water partition coefficient (Wildman–Crippen LogP) is 1.71. The van der Waals surface area contributed by atoms with E-state index in [4.69, 9.17) is 4.74 Å². The number of aliphatic carboxylic acids is 1. The molecule has 1 aliphatic heterocycles. The van der Waals surface area contributed by atoms with Crippen molar-refractivity contribution >= 4 is 18.4 Å². The van der Waals surface area contributed by atoms with Gasteiger partial charge in [-0.2, -0.15) is 0 Å². The van der Waals surface area contributed by atoms with Crippen molar-refractivity contribution in [1.29, 1.82) is 0 Å². The van der Waals surface area contributed by atoms with Crippen LogP contribution in [0.1, 0.15) is 11.6 Å². The third-order valence-corrected chi connectivity index (χ3v) is 2.83. The highest BCUT2D eigenvalue weighted by Gasteiger charge is 2.28. The molecule has 1 N–H and O–H groups in total. The summed E-state index contributed by atoms with van der Waals surface area (Å²) in [5.41, 5.74) is 0.598. The molecule has 1 aromatic rings. The van der Waals surface area contributed by atoms with Crippen molar-refractivity contribution in [2.45, 2.75) is 6.04 Å². The Kier molecular flexibility index (Phi) is 5.53. The molecule has 2 rings (SSSR count). The number of hydrogen-bond donors (Lipinski definition) is 1. The van der Waals surface area contributed by atoms with E-state index < -0.39 is 12.0 Å². The van der Waals surface area contributed by atoms with Crippen LogP contribution in [-0.2, 0) is 9.53 Å². The normalized spacial score (nSPS) is 17.8. The average molecular weight is 276 g/mol. The van der Waals surface area contributed by atoms with Crippen LogP contribution in [0.2, 0.25) is 0 Å². The second kappa shape index (κ2) is 6.68. The highest BCUT2D eigenvalue weighted by Crippen LogP contribution is 2.22. The molecule has 1 unspecified atom stereocenters. The van der Waals surface area contributed by atoms with Gasteiger partial charge in [-0.3, -0.25) is 9.69 Å². The highest BCUT2D eigenvalue weighted by molar-refractivity contribution is 5.85. The van der Waals surface area contributed by atoms with Crippen LogP contribution in [0.25, 0.3) is 0 Å². The lowest BCUT2D eigenvalue weighted by molar-refractivity contribution is -0.145. The van der Waals surface area contributed by atoms with Crippen molar-refractivity contribution in [1.82, 2.24) is 4.90 Å². The minimum Gasteiger partial charge on any atom is -0.480 e.